The van der Waals surface area contributed by atoms with Gasteiger partial charge in [0.2, 0.25) is 0 Å². The Morgan fingerprint density at radius 2 is 2.16 bits per heavy atom. The van der Waals surface area contributed by atoms with Crippen molar-refractivity contribution < 1.29 is 0 Å². The van der Waals surface area contributed by atoms with Crippen molar-refractivity contribution in [3.05, 3.63) is 29.6 Å². The van der Waals surface area contributed by atoms with Gasteiger partial charge in [-0.1, -0.05) is 25.3 Å². The molecule has 102 valence electrons. The number of hydrogen-bond donors (Lipinski definition) is 1. The van der Waals surface area contributed by atoms with Crippen molar-refractivity contribution in [1.82, 2.24) is 9.55 Å². The molecule has 0 aliphatic heterocycles. The summed E-state index contributed by atoms with van der Waals surface area (Å²) in [6, 6.07) is 6.90. The molecule has 1 aromatic carbocycles. The third-order valence-corrected chi connectivity index (χ3v) is 4.28. The fourth-order valence-electron chi connectivity index (χ4n) is 3.00. The molecule has 3 heteroatoms. The van der Waals surface area contributed by atoms with Gasteiger partial charge in [0.15, 0.2) is 0 Å². The van der Waals surface area contributed by atoms with E-state index in [4.69, 9.17) is 10.7 Å². The number of fused-ring (bicyclic) bond motifs is 1. The fourth-order valence-corrected chi connectivity index (χ4v) is 3.00. The summed E-state index contributed by atoms with van der Waals surface area (Å²) in [6.07, 6.45) is 5.26. The number of nitrogens with two attached hydrogens (primary N) is 1. The van der Waals surface area contributed by atoms with E-state index in [0.29, 0.717) is 12.6 Å². The molecule has 3 rings (SSSR count). The SMILES string of the molecule is CC(C)n1c(CC2CCC2)nc2cc(CN)ccc21. The first-order valence-corrected chi connectivity index (χ1v) is 7.39. The molecule has 19 heavy (non-hydrogen) atoms. The molecule has 0 saturated heterocycles. The molecule has 0 atom stereocenters. The highest BCUT2D eigenvalue weighted by molar-refractivity contribution is 5.77. The Morgan fingerprint density at radius 1 is 1.37 bits per heavy atom. The first kappa shape index (κ1) is 12.7. The minimum Gasteiger partial charge on any atom is -0.326 e. The smallest absolute Gasteiger partial charge is 0.110 e. The lowest BCUT2D eigenvalue weighted by atomic mass is 9.83. The Kier molecular flexibility index (Phi) is 3.31. The Labute approximate surface area is 114 Å². The molecule has 1 heterocycles. The van der Waals surface area contributed by atoms with Gasteiger partial charge in [-0.25, -0.2) is 4.98 Å². The van der Waals surface area contributed by atoms with E-state index >= 15 is 0 Å². The second-order valence-electron chi connectivity index (χ2n) is 6.02. The van der Waals surface area contributed by atoms with Crippen LogP contribution < -0.4 is 5.73 Å². The summed E-state index contributed by atoms with van der Waals surface area (Å²) in [4.78, 5) is 4.87. The van der Waals surface area contributed by atoms with Gasteiger partial charge in [0.25, 0.3) is 0 Å². The minimum absolute atomic E-state index is 0.462. The molecular weight excluding hydrogens is 234 g/mol. The second kappa shape index (κ2) is 4.97. The maximum Gasteiger partial charge on any atom is 0.110 e. The van der Waals surface area contributed by atoms with Gasteiger partial charge in [0.05, 0.1) is 11.0 Å². The number of rotatable bonds is 4. The third-order valence-electron chi connectivity index (χ3n) is 4.28. The molecule has 0 radical (unpaired) electrons. The van der Waals surface area contributed by atoms with Crippen molar-refractivity contribution in [2.45, 2.75) is 52.1 Å². The third kappa shape index (κ3) is 2.27. The van der Waals surface area contributed by atoms with Crippen LogP contribution in [0.5, 0.6) is 0 Å². The lowest BCUT2D eigenvalue weighted by Crippen LogP contribution is -2.17. The van der Waals surface area contributed by atoms with E-state index in [1.54, 1.807) is 0 Å². The summed E-state index contributed by atoms with van der Waals surface area (Å²) in [5.41, 5.74) is 9.24. The molecule has 1 saturated carbocycles. The normalized spacial score (nSPS) is 16.2. The molecule has 1 fully saturated rings. The molecule has 1 aliphatic carbocycles. The van der Waals surface area contributed by atoms with Gasteiger partial charge in [0.1, 0.15) is 5.82 Å². The zero-order chi connectivity index (χ0) is 13.4. The van der Waals surface area contributed by atoms with Crippen LogP contribution in [-0.2, 0) is 13.0 Å². The van der Waals surface area contributed by atoms with Crippen molar-refractivity contribution in [1.29, 1.82) is 0 Å². The Bertz CT molecular complexity index is 579. The average molecular weight is 257 g/mol. The predicted molar refractivity (Wildman–Crippen MR) is 79.1 cm³/mol. The van der Waals surface area contributed by atoms with Crippen LogP contribution in [0.3, 0.4) is 0 Å². The average Bonchev–Trinajstić information content (AvgIpc) is 2.70. The van der Waals surface area contributed by atoms with Crippen LogP contribution in [0.2, 0.25) is 0 Å². The summed E-state index contributed by atoms with van der Waals surface area (Å²) in [6.45, 7) is 5.06. The van der Waals surface area contributed by atoms with Gasteiger partial charge in [-0.15, -0.1) is 0 Å². The molecule has 0 amide bonds. The van der Waals surface area contributed by atoms with Crippen molar-refractivity contribution in [3.63, 3.8) is 0 Å². The first-order valence-electron chi connectivity index (χ1n) is 7.39. The van der Waals surface area contributed by atoms with E-state index in [9.17, 15) is 0 Å². The van der Waals surface area contributed by atoms with E-state index in [-0.39, 0.29) is 0 Å². The summed E-state index contributed by atoms with van der Waals surface area (Å²) >= 11 is 0. The zero-order valence-corrected chi connectivity index (χ0v) is 11.9. The molecule has 0 bridgehead atoms. The van der Waals surface area contributed by atoms with Gasteiger partial charge in [-0.2, -0.15) is 0 Å². The molecule has 0 unspecified atom stereocenters. The van der Waals surface area contributed by atoms with Crippen molar-refractivity contribution >= 4 is 11.0 Å². The van der Waals surface area contributed by atoms with E-state index in [1.165, 1.54) is 30.6 Å². The lowest BCUT2D eigenvalue weighted by Gasteiger charge is -2.25. The molecule has 1 aliphatic rings. The molecule has 1 aromatic heterocycles. The topological polar surface area (TPSA) is 43.8 Å². The maximum atomic E-state index is 5.72. The number of imidazole rings is 1. The fraction of sp³-hybridized carbons (Fsp3) is 0.562. The lowest BCUT2D eigenvalue weighted by molar-refractivity contribution is 0.305. The van der Waals surface area contributed by atoms with E-state index < -0.39 is 0 Å². The van der Waals surface area contributed by atoms with Crippen LogP contribution in [-0.4, -0.2) is 9.55 Å². The van der Waals surface area contributed by atoms with E-state index in [1.807, 2.05) is 0 Å². The highest BCUT2D eigenvalue weighted by Gasteiger charge is 2.22. The summed E-state index contributed by atoms with van der Waals surface area (Å²) in [5.74, 6) is 2.10. The number of hydrogen-bond acceptors (Lipinski definition) is 2. The van der Waals surface area contributed by atoms with Gasteiger partial charge in [-0.05, 0) is 37.5 Å². The van der Waals surface area contributed by atoms with Crippen molar-refractivity contribution in [2.75, 3.05) is 0 Å². The van der Waals surface area contributed by atoms with Crippen LogP contribution in [0.1, 0.15) is 50.5 Å². The molecular formula is C16H23N3. The highest BCUT2D eigenvalue weighted by Crippen LogP contribution is 2.31. The Morgan fingerprint density at radius 3 is 2.74 bits per heavy atom. The monoisotopic (exact) mass is 257 g/mol. The minimum atomic E-state index is 0.462. The number of aromatic nitrogens is 2. The van der Waals surface area contributed by atoms with Crippen LogP contribution >= 0.6 is 0 Å². The van der Waals surface area contributed by atoms with Crippen molar-refractivity contribution in [3.8, 4) is 0 Å². The quantitative estimate of drug-likeness (QED) is 0.912. The van der Waals surface area contributed by atoms with Gasteiger partial charge >= 0.3 is 0 Å². The Hall–Kier alpha value is -1.35. The summed E-state index contributed by atoms with van der Waals surface area (Å²) in [5, 5.41) is 0. The van der Waals surface area contributed by atoms with Crippen LogP contribution in [0, 0.1) is 5.92 Å². The summed E-state index contributed by atoms with van der Waals surface area (Å²) in [7, 11) is 0. The van der Waals surface area contributed by atoms with Gasteiger partial charge in [-0.3, -0.25) is 0 Å². The first-order chi connectivity index (χ1) is 9.19. The van der Waals surface area contributed by atoms with Crippen LogP contribution in [0.4, 0.5) is 0 Å². The standard InChI is InChI=1S/C16H23N3/c1-11(2)19-15-7-6-13(10-17)8-14(15)18-16(19)9-12-4-3-5-12/h6-8,11-12H,3-5,9-10,17H2,1-2H3. The van der Waals surface area contributed by atoms with E-state index in [0.717, 1.165) is 23.4 Å². The van der Waals surface area contributed by atoms with Crippen molar-refractivity contribution in [2.24, 2.45) is 11.7 Å². The molecule has 0 spiro atoms. The Balaban J connectivity index is 2.05. The molecule has 2 N–H and O–H groups in total. The maximum absolute atomic E-state index is 5.72. The summed E-state index contributed by atoms with van der Waals surface area (Å²) < 4.78 is 2.40. The molecule has 3 nitrogen and oxygen atoms in total. The number of nitrogens with zero attached hydrogens (tertiary/aromatic N) is 2. The zero-order valence-electron chi connectivity index (χ0n) is 11.9. The van der Waals surface area contributed by atoms with Crippen LogP contribution in [0.15, 0.2) is 18.2 Å². The second-order valence-corrected chi connectivity index (χ2v) is 6.02. The molecule has 2 aromatic rings. The van der Waals surface area contributed by atoms with Gasteiger partial charge < -0.3 is 10.3 Å². The van der Waals surface area contributed by atoms with Gasteiger partial charge in [0, 0.05) is 19.0 Å². The highest BCUT2D eigenvalue weighted by atomic mass is 15.1. The van der Waals surface area contributed by atoms with Crippen LogP contribution in [0.25, 0.3) is 11.0 Å². The predicted octanol–water partition coefficient (Wildman–Crippen LogP) is 3.42. The largest absolute Gasteiger partial charge is 0.326 e. The van der Waals surface area contributed by atoms with E-state index in [2.05, 4.69) is 36.6 Å². The number of benzene rings is 1.